The maximum Gasteiger partial charge on any atom is 0.185 e. The number of nitrogens with zero attached hydrogens (tertiary/aromatic N) is 2. The van der Waals surface area contributed by atoms with E-state index in [2.05, 4.69) is 4.98 Å². The van der Waals surface area contributed by atoms with Crippen molar-refractivity contribution >= 4 is 26.8 Å². The first kappa shape index (κ1) is 16.8. The van der Waals surface area contributed by atoms with Crippen molar-refractivity contribution in [2.24, 2.45) is 0 Å². The Labute approximate surface area is 144 Å². The number of aromatic nitrogens is 1. The van der Waals surface area contributed by atoms with Crippen molar-refractivity contribution in [3.05, 3.63) is 70.9 Å². The Morgan fingerprint density at radius 3 is 2.64 bits per heavy atom. The van der Waals surface area contributed by atoms with Crippen LogP contribution >= 0.6 is 0 Å². The van der Waals surface area contributed by atoms with Gasteiger partial charge in [0.05, 0.1) is 11.2 Å². The summed E-state index contributed by atoms with van der Waals surface area (Å²) in [7, 11) is -3.72. The Bertz CT molecular complexity index is 1150. The number of halogens is 1. The van der Waals surface area contributed by atoms with Gasteiger partial charge in [0.25, 0.3) is 0 Å². The molecule has 0 unspecified atom stereocenters. The first-order valence-corrected chi connectivity index (χ1v) is 9.25. The van der Waals surface area contributed by atoms with Crippen LogP contribution in [-0.2, 0) is 9.84 Å². The lowest BCUT2D eigenvalue weighted by molar-refractivity contribution is 0.609. The van der Waals surface area contributed by atoms with Crippen molar-refractivity contribution in [3.63, 3.8) is 0 Å². The van der Waals surface area contributed by atoms with Crippen molar-refractivity contribution in [1.29, 1.82) is 5.26 Å². The molecule has 124 valence electrons. The van der Waals surface area contributed by atoms with Gasteiger partial charge in [-0.15, -0.1) is 0 Å². The summed E-state index contributed by atoms with van der Waals surface area (Å²) in [5, 5.41) is 9.97. The van der Waals surface area contributed by atoms with Gasteiger partial charge in [-0.2, -0.15) is 5.26 Å². The average molecular weight is 352 g/mol. The second kappa shape index (κ2) is 6.46. The third kappa shape index (κ3) is 3.57. The summed E-state index contributed by atoms with van der Waals surface area (Å²) >= 11 is 0. The molecule has 4 nitrogen and oxygen atoms in total. The second-order valence-electron chi connectivity index (χ2n) is 5.52. The molecule has 2 aromatic carbocycles. The van der Waals surface area contributed by atoms with E-state index >= 15 is 0 Å². The molecule has 6 heteroatoms. The van der Waals surface area contributed by atoms with Gasteiger partial charge in [0.1, 0.15) is 16.8 Å². The summed E-state index contributed by atoms with van der Waals surface area (Å²) in [6, 6.07) is 17.2. The van der Waals surface area contributed by atoms with Crippen molar-refractivity contribution in [2.45, 2.75) is 0 Å². The first-order valence-electron chi connectivity index (χ1n) is 7.36. The third-order valence-corrected chi connectivity index (χ3v) is 4.69. The van der Waals surface area contributed by atoms with E-state index in [1.807, 2.05) is 36.4 Å². The van der Waals surface area contributed by atoms with Gasteiger partial charge >= 0.3 is 0 Å². The molecule has 1 heterocycles. The molecule has 1 aromatic heterocycles. The van der Waals surface area contributed by atoms with Gasteiger partial charge in [0, 0.05) is 22.8 Å². The average Bonchev–Trinajstić information content (AvgIpc) is 2.59. The number of benzene rings is 2. The number of nitriles is 1. The molecular formula is C19H13FN2O2S. The number of allylic oxidation sites excluding steroid dienone is 1. The molecule has 0 amide bonds. The van der Waals surface area contributed by atoms with Crippen LogP contribution < -0.4 is 0 Å². The number of rotatable bonds is 3. The largest absolute Gasteiger partial charge is 0.248 e. The predicted octanol–water partition coefficient (Wildman–Crippen LogP) is 3.95. The van der Waals surface area contributed by atoms with Crippen molar-refractivity contribution in [2.75, 3.05) is 6.26 Å². The van der Waals surface area contributed by atoms with Gasteiger partial charge < -0.3 is 0 Å². The maximum absolute atomic E-state index is 14.1. The normalized spacial score (nSPS) is 12.1. The summed E-state index contributed by atoms with van der Waals surface area (Å²) in [6.45, 7) is 0. The molecule has 0 aliphatic heterocycles. The van der Waals surface area contributed by atoms with Gasteiger partial charge in [0.15, 0.2) is 9.84 Å². The lowest BCUT2D eigenvalue weighted by atomic mass is 10.1. The Kier molecular flexibility index (Phi) is 4.34. The fraction of sp³-hybridized carbons (Fsp3) is 0.0526. The lowest BCUT2D eigenvalue weighted by Gasteiger charge is -2.06. The molecule has 0 saturated heterocycles. The van der Waals surface area contributed by atoms with Gasteiger partial charge in [-0.3, -0.25) is 0 Å². The Morgan fingerprint density at radius 1 is 1.16 bits per heavy atom. The van der Waals surface area contributed by atoms with Crippen LogP contribution in [-0.4, -0.2) is 19.7 Å². The van der Waals surface area contributed by atoms with E-state index < -0.39 is 20.6 Å². The van der Waals surface area contributed by atoms with Crippen LogP contribution in [0.4, 0.5) is 4.39 Å². The molecule has 0 bridgehead atoms. The van der Waals surface area contributed by atoms with Crippen LogP contribution in [0.1, 0.15) is 5.56 Å². The fourth-order valence-corrected chi connectivity index (χ4v) is 2.91. The van der Waals surface area contributed by atoms with E-state index in [4.69, 9.17) is 5.26 Å². The molecule has 0 radical (unpaired) electrons. The van der Waals surface area contributed by atoms with E-state index in [0.717, 1.165) is 23.2 Å². The monoisotopic (exact) mass is 352 g/mol. The molecule has 3 aromatic rings. The highest BCUT2D eigenvalue weighted by Crippen LogP contribution is 2.25. The Hall–Kier alpha value is -3.04. The topological polar surface area (TPSA) is 70.8 Å². The minimum absolute atomic E-state index is 0.0226. The molecule has 0 spiro atoms. The van der Waals surface area contributed by atoms with Crippen molar-refractivity contribution < 1.29 is 12.8 Å². The first-order chi connectivity index (χ1) is 11.9. The SMILES string of the molecule is CS(=O)(=O)/C(C#N)=C/c1cc(-c2ccc3ccccc3n2)ccc1F. The van der Waals surface area contributed by atoms with E-state index in [1.54, 1.807) is 12.1 Å². The minimum Gasteiger partial charge on any atom is -0.248 e. The van der Waals surface area contributed by atoms with Crippen LogP contribution in [0.25, 0.3) is 28.2 Å². The molecule has 0 saturated carbocycles. The van der Waals surface area contributed by atoms with Crippen molar-refractivity contribution in [1.82, 2.24) is 4.98 Å². The van der Waals surface area contributed by atoms with Gasteiger partial charge in [-0.25, -0.2) is 17.8 Å². The zero-order chi connectivity index (χ0) is 18.0. The maximum atomic E-state index is 14.1. The molecule has 25 heavy (non-hydrogen) atoms. The Morgan fingerprint density at radius 2 is 1.92 bits per heavy atom. The number of fused-ring (bicyclic) bond motifs is 1. The van der Waals surface area contributed by atoms with Crippen LogP contribution in [0.2, 0.25) is 0 Å². The summed E-state index contributed by atoms with van der Waals surface area (Å²) in [4.78, 5) is 4.05. The molecule has 3 rings (SSSR count). The molecular weight excluding hydrogens is 339 g/mol. The smallest absolute Gasteiger partial charge is 0.185 e. The fourth-order valence-electron chi connectivity index (χ4n) is 2.40. The standard InChI is InChI=1S/C19H13FN2O2S/c1-25(23,24)16(12-21)11-15-10-14(6-8-17(15)20)19-9-7-13-4-2-3-5-18(13)22-19/h2-11H,1H3/b16-11+. The number of pyridine rings is 1. The van der Waals surface area contributed by atoms with E-state index in [0.29, 0.717) is 11.3 Å². The molecule has 0 fully saturated rings. The van der Waals surface area contributed by atoms with E-state index in [-0.39, 0.29) is 5.56 Å². The quantitative estimate of drug-likeness (QED) is 0.669. The van der Waals surface area contributed by atoms with Crippen LogP contribution in [0.3, 0.4) is 0 Å². The number of para-hydroxylation sites is 1. The van der Waals surface area contributed by atoms with Gasteiger partial charge in [-0.05, 0) is 36.4 Å². The highest BCUT2D eigenvalue weighted by molar-refractivity contribution is 7.95. The molecule has 0 atom stereocenters. The van der Waals surface area contributed by atoms with Crippen LogP contribution in [0, 0.1) is 17.1 Å². The minimum atomic E-state index is -3.72. The zero-order valence-electron chi connectivity index (χ0n) is 13.3. The van der Waals surface area contributed by atoms with E-state index in [1.165, 1.54) is 12.1 Å². The lowest BCUT2D eigenvalue weighted by Crippen LogP contribution is -1.99. The van der Waals surface area contributed by atoms with Gasteiger partial charge in [0.2, 0.25) is 0 Å². The predicted molar refractivity (Wildman–Crippen MR) is 95.6 cm³/mol. The van der Waals surface area contributed by atoms with Gasteiger partial charge in [-0.1, -0.05) is 24.3 Å². The summed E-state index contributed by atoms with van der Waals surface area (Å²) in [5.74, 6) is -0.610. The highest BCUT2D eigenvalue weighted by atomic mass is 32.2. The van der Waals surface area contributed by atoms with Crippen molar-refractivity contribution in [3.8, 4) is 17.3 Å². The molecule has 0 aliphatic rings. The second-order valence-corrected chi connectivity index (χ2v) is 7.50. The Balaban J connectivity index is 2.13. The van der Waals surface area contributed by atoms with E-state index in [9.17, 15) is 12.8 Å². The summed E-state index contributed by atoms with van der Waals surface area (Å²) in [5.41, 5.74) is 2.08. The van der Waals surface area contributed by atoms with Crippen LogP contribution in [0.15, 0.2) is 59.5 Å². The number of hydrogen-bond donors (Lipinski definition) is 0. The number of hydrogen-bond acceptors (Lipinski definition) is 4. The van der Waals surface area contributed by atoms with Crippen LogP contribution in [0.5, 0.6) is 0 Å². The zero-order valence-corrected chi connectivity index (χ0v) is 14.1. The summed E-state index contributed by atoms with van der Waals surface area (Å²) < 4.78 is 37.2. The third-order valence-electron chi connectivity index (χ3n) is 3.69. The molecule has 0 N–H and O–H groups in total. The highest BCUT2D eigenvalue weighted by Gasteiger charge is 2.13. The summed E-state index contributed by atoms with van der Waals surface area (Å²) in [6.07, 6.45) is 1.95. The molecule has 0 aliphatic carbocycles. The number of sulfone groups is 1.